The number of pyridine rings is 1. The highest BCUT2D eigenvalue weighted by Crippen LogP contribution is 2.27. The molecule has 0 radical (unpaired) electrons. The zero-order valence-electron chi connectivity index (χ0n) is 14.7. The van der Waals surface area contributed by atoms with Gasteiger partial charge in [0.1, 0.15) is 6.33 Å². The smallest absolute Gasteiger partial charge is 0.257 e. The van der Waals surface area contributed by atoms with Crippen molar-refractivity contribution in [3.05, 3.63) is 71.8 Å². The number of nitrogens with one attached hydrogen (secondary N) is 1. The van der Waals surface area contributed by atoms with E-state index >= 15 is 0 Å². The largest absolute Gasteiger partial charge is 0.338 e. The minimum atomic E-state index is -0.00651. The molecule has 0 spiro atoms. The highest BCUT2D eigenvalue weighted by atomic mass is 16.2. The van der Waals surface area contributed by atoms with Crippen LogP contribution in [0.2, 0.25) is 0 Å². The molecule has 0 saturated carbocycles. The SMILES string of the molecule is O=C(c1cccn2cnnc12)N1CCc2[nH]nc(-c3ccccc3)c2CC1. The van der Waals surface area contributed by atoms with Crippen LogP contribution in [0.3, 0.4) is 0 Å². The van der Waals surface area contributed by atoms with Crippen molar-refractivity contribution in [3.8, 4) is 11.3 Å². The van der Waals surface area contributed by atoms with Crippen LogP contribution in [-0.2, 0) is 12.8 Å². The van der Waals surface area contributed by atoms with E-state index in [1.165, 1.54) is 5.56 Å². The van der Waals surface area contributed by atoms with Gasteiger partial charge in [0.05, 0.1) is 11.3 Å². The molecule has 1 amide bonds. The molecule has 1 aromatic carbocycles. The first-order chi connectivity index (χ1) is 13.3. The number of aromatic amines is 1. The van der Waals surface area contributed by atoms with Crippen LogP contribution in [0.25, 0.3) is 16.9 Å². The van der Waals surface area contributed by atoms with Crippen molar-refractivity contribution in [2.45, 2.75) is 12.8 Å². The maximum Gasteiger partial charge on any atom is 0.257 e. The summed E-state index contributed by atoms with van der Waals surface area (Å²) in [4.78, 5) is 15.0. The number of fused-ring (bicyclic) bond motifs is 2. The molecular weight excluding hydrogens is 340 g/mol. The fraction of sp³-hybridized carbons (Fsp3) is 0.200. The lowest BCUT2D eigenvalue weighted by atomic mass is 10.0. The summed E-state index contributed by atoms with van der Waals surface area (Å²) in [6.45, 7) is 1.30. The average molecular weight is 358 g/mol. The molecule has 5 rings (SSSR count). The van der Waals surface area contributed by atoms with E-state index in [2.05, 4.69) is 32.5 Å². The van der Waals surface area contributed by atoms with Crippen LogP contribution in [0.1, 0.15) is 21.6 Å². The van der Waals surface area contributed by atoms with Gasteiger partial charge in [-0.15, -0.1) is 10.2 Å². The number of carbonyl (C=O) groups is 1. The van der Waals surface area contributed by atoms with Gasteiger partial charge in [-0.3, -0.25) is 14.3 Å². The Morgan fingerprint density at radius 1 is 1.04 bits per heavy atom. The quantitative estimate of drug-likeness (QED) is 0.597. The molecular formula is C20H18N6O. The summed E-state index contributed by atoms with van der Waals surface area (Å²) in [6, 6.07) is 13.8. The molecule has 4 heterocycles. The molecule has 0 aliphatic carbocycles. The highest BCUT2D eigenvalue weighted by Gasteiger charge is 2.25. The molecule has 0 saturated heterocycles. The van der Waals surface area contributed by atoms with Crippen molar-refractivity contribution < 1.29 is 4.79 Å². The Balaban J connectivity index is 1.43. The normalized spacial score (nSPS) is 14.1. The first-order valence-corrected chi connectivity index (χ1v) is 9.00. The summed E-state index contributed by atoms with van der Waals surface area (Å²) >= 11 is 0. The Kier molecular flexibility index (Phi) is 3.71. The van der Waals surface area contributed by atoms with Gasteiger partial charge in [-0.25, -0.2) is 0 Å². The highest BCUT2D eigenvalue weighted by molar-refractivity contribution is 5.99. The molecule has 0 fully saturated rings. The maximum atomic E-state index is 13.1. The van der Waals surface area contributed by atoms with Gasteiger partial charge < -0.3 is 4.90 Å². The monoisotopic (exact) mass is 358 g/mol. The minimum Gasteiger partial charge on any atom is -0.338 e. The second-order valence-electron chi connectivity index (χ2n) is 6.67. The molecule has 134 valence electrons. The van der Waals surface area contributed by atoms with E-state index in [9.17, 15) is 4.79 Å². The number of hydrogen-bond acceptors (Lipinski definition) is 4. The van der Waals surface area contributed by atoms with Crippen LogP contribution in [-0.4, -0.2) is 48.7 Å². The number of H-pyrrole nitrogens is 1. The van der Waals surface area contributed by atoms with Crippen molar-refractivity contribution in [2.75, 3.05) is 13.1 Å². The predicted octanol–water partition coefficient (Wildman–Crippen LogP) is 2.36. The lowest BCUT2D eigenvalue weighted by molar-refractivity contribution is 0.0764. The zero-order chi connectivity index (χ0) is 18.2. The lowest BCUT2D eigenvalue weighted by Gasteiger charge is -2.20. The van der Waals surface area contributed by atoms with Crippen LogP contribution < -0.4 is 0 Å². The Morgan fingerprint density at radius 3 is 2.78 bits per heavy atom. The fourth-order valence-corrected chi connectivity index (χ4v) is 3.71. The number of hydrogen-bond donors (Lipinski definition) is 1. The van der Waals surface area contributed by atoms with Gasteiger partial charge in [0.25, 0.3) is 5.91 Å². The minimum absolute atomic E-state index is 0.00651. The van der Waals surface area contributed by atoms with Gasteiger partial charge in [-0.05, 0) is 18.6 Å². The van der Waals surface area contributed by atoms with E-state index in [0.717, 1.165) is 29.8 Å². The number of aromatic nitrogens is 5. The number of amides is 1. The first kappa shape index (κ1) is 15.7. The van der Waals surface area contributed by atoms with E-state index in [1.807, 2.05) is 41.4 Å². The molecule has 3 aromatic heterocycles. The van der Waals surface area contributed by atoms with Gasteiger partial charge in [0, 0.05) is 42.5 Å². The molecule has 0 unspecified atom stereocenters. The van der Waals surface area contributed by atoms with Crippen LogP contribution >= 0.6 is 0 Å². The summed E-state index contributed by atoms with van der Waals surface area (Å²) in [5.41, 5.74) is 5.59. The second kappa shape index (κ2) is 6.35. The number of nitrogens with zero attached hydrogens (tertiary/aromatic N) is 5. The summed E-state index contributed by atoms with van der Waals surface area (Å²) < 4.78 is 1.77. The van der Waals surface area contributed by atoms with Gasteiger partial charge in [0.15, 0.2) is 5.65 Å². The molecule has 1 N–H and O–H groups in total. The zero-order valence-corrected chi connectivity index (χ0v) is 14.7. The van der Waals surface area contributed by atoms with Crippen LogP contribution in [0.4, 0.5) is 0 Å². The average Bonchev–Trinajstić information content (AvgIpc) is 3.30. The summed E-state index contributed by atoms with van der Waals surface area (Å²) in [5.74, 6) is -0.00651. The summed E-state index contributed by atoms with van der Waals surface area (Å²) in [7, 11) is 0. The van der Waals surface area contributed by atoms with Gasteiger partial charge >= 0.3 is 0 Å². The Bertz CT molecular complexity index is 1110. The second-order valence-corrected chi connectivity index (χ2v) is 6.67. The third-order valence-corrected chi connectivity index (χ3v) is 5.10. The molecule has 1 aliphatic heterocycles. The molecule has 4 aromatic rings. The third-order valence-electron chi connectivity index (χ3n) is 5.10. The van der Waals surface area contributed by atoms with E-state index < -0.39 is 0 Å². The van der Waals surface area contributed by atoms with E-state index in [-0.39, 0.29) is 5.91 Å². The predicted molar refractivity (Wildman–Crippen MR) is 100 cm³/mol. The van der Waals surface area contributed by atoms with E-state index in [4.69, 9.17) is 0 Å². The summed E-state index contributed by atoms with van der Waals surface area (Å²) in [6.07, 6.45) is 4.99. The van der Waals surface area contributed by atoms with Crippen LogP contribution in [0.15, 0.2) is 55.0 Å². The fourth-order valence-electron chi connectivity index (χ4n) is 3.71. The van der Waals surface area contributed by atoms with Gasteiger partial charge in [0.2, 0.25) is 0 Å². The lowest BCUT2D eigenvalue weighted by Crippen LogP contribution is -2.33. The molecule has 0 atom stereocenters. The van der Waals surface area contributed by atoms with Gasteiger partial charge in [-0.1, -0.05) is 30.3 Å². The van der Waals surface area contributed by atoms with Gasteiger partial charge in [-0.2, -0.15) is 5.10 Å². The molecule has 7 heteroatoms. The number of rotatable bonds is 2. The van der Waals surface area contributed by atoms with Crippen molar-refractivity contribution in [2.24, 2.45) is 0 Å². The first-order valence-electron chi connectivity index (χ1n) is 9.00. The third kappa shape index (κ3) is 2.68. The molecule has 27 heavy (non-hydrogen) atoms. The maximum absolute atomic E-state index is 13.1. The topological polar surface area (TPSA) is 79.2 Å². The van der Waals surface area contributed by atoms with Crippen LogP contribution in [0.5, 0.6) is 0 Å². The Hall–Kier alpha value is -3.48. The molecule has 7 nitrogen and oxygen atoms in total. The van der Waals surface area contributed by atoms with Crippen molar-refractivity contribution in [1.82, 2.24) is 29.7 Å². The van der Waals surface area contributed by atoms with Crippen molar-refractivity contribution in [3.63, 3.8) is 0 Å². The van der Waals surface area contributed by atoms with Crippen molar-refractivity contribution >= 4 is 11.6 Å². The Labute approximate surface area is 155 Å². The molecule has 0 bridgehead atoms. The number of benzene rings is 1. The van der Waals surface area contributed by atoms with E-state index in [1.54, 1.807) is 10.7 Å². The van der Waals surface area contributed by atoms with E-state index in [0.29, 0.717) is 24.3 Å². The number of carbonyl (C=O) groups excluding carboxylic acids is 1. The molecule has 1 aliphatic rings. The van der Waals surface area contributed by atoms with Crippen molar-refractivity contribution in [1.29, 1.82) is 0 Å². The standard InChI is InChI=1S/C20H18N6O/c27-20(16-7-4-10-26-13-21-24-19(16)26)25-11-8-15-17(9-12-25)22-23-18(15)14-5-2-1-3-6-14/h1-7,10,13H,8-9,11-12H2,(H,22,23). The Morgan fingerprint density at radius 2 is 1.89 bits per heavy atom. The van der Waals surface area contributed by atoms with Crippen LogP contribution in [0, 0.1) is 0 Å². The summed E-state index contributed by atoms with van der Waals surface area (Å²) in [5, 5.41) is 15.7.